The standard InChI is InChI=1S/C19H15N3/c1-3-7-16(14-20)11-10-15(2)17-8-6-13-22-19(17)18-9-4-5-12-21-18/h3-13H,1-2H2/b11-10-,16-7+. The molecule has 0 radical (unpaired) electrons. The largest absolute Gasteiger partial charge is 0.255 e. The topological polar surface area (TPSA) is 49.6 Å². The van der Waals surface area contributed by atoms with Gasteiger partial charge in [-0.05, 0) is 35.9 Å². The molecule has 2 heterocycles. The van der Waals surface area contributed by atoms with Crippen LogP contribution in [0, 0.1) is 11.3 Å². The van der Waals surface area contributed by atoms with Crippen LogP contribution >= 0.6 is 0 Å². The first-order valence-corrected chi connectivity index (χ1v) is 6.73. The summed E-state index contributed by atoms with van der Waals surface area (Å²) in [5, 5.41) is 9.00. The molecule has 0 saturated heterocycles. The summed E-state index contributed by atoms with van der Waals surface area (Å²) < 4.78 is 0. The van der Waals surface area contributed by atoms with Crippen molar-refractivity contribution in [3.05, 3.63) is 91.3 Å². The Morgan fingerprint density at radius 2 is 1.91 bits per heavy atom. The number of allylic oxidation sites excluding steroid dienone is 6. The van der Waals surface area contributed by atoms with Gasteiger partial charge in [0.15, 0.2) is 0 Å². The maximum atomic E-state index is 9.00. The average Bonchev–Trinajstić information content (AvgIpc) is 2.59. The van der Waals surface area contributed by atoms with Gasteiger partial charge >= 0.3 is 0 Å². The summed E-state index contributed by atoms with van der Waals surface area (Å²) >= 11 is 0. The fourth-order valence-electron chi connectivity index (χ4n) is 1.91. The molecule has 0 aromatic carbocycles. The van der Waals surface area contributed by atoms with E-state index in [1.165, 1.54) is 0 Å². The first-order valence-electron chi connectivity index (χ1n) is 6.73. The minimum Gasteiger partial charge on any atom is -0.255 e. The number of nitriles is 1. The highest BCUT2D eigenvalue weighted by Crippen LogP contribution is 2.25. The summed E-state index contributed by atoms with van der Waals surface area (Å²) in [6.07, 6.45) is 10.2. The van der Waals surface area contributed by atoms with Crippen LogP contribution < -0.4 is 0 Å². The normalized spacial score (nSPS) is 11.1. The first-order chi connectivity index (χ1) is 10.8. The Morgan fingerprint density at radius 1 is 1.09 bits per heavy atom. The van der Waals surface area contributed by atoms with Crippen LogP contribution in [0.5, 0.6) is 0 Å². The first kappa shape index (κ1) is 15.1. The number of nitrogens with zero attached hydrogens (tertiary/aromatic N) is 3. The Labute approximate surface area is 130 Å². The summed E-state index contributed by atoms with van der Waals surface area (Å²) in [5.74, 6) is 0. The van der Waals surface area contributed by atoms with E-state index in [-0.39, 0.29) is 0 Å². The molecule has 0 atom stereocenters. The van der Waals surface area contributed by atoms with Gasteiger partial charge in [0.1, 0.15) is 0 Å². The molecular formula is C19H15N3. The number of hydrogen-bond donors (Lipinski definition) is 0. The lowest BCUT2D eigenvalue weighted by atomic mass is 10.0. The van der Waals surface area contributed by atoms with Crippen molar-refractivity contribution in [2.24, 2.45) is 0 Å². The lowest BCUT2D eigenvalue weighted by Crippen LogP contribution is -1.92. The molecule has 2 rings (SSSR count). The van der Waals surface area contributed by atoms with E-state index >= 15 is 0 Å². The zero-order valence-corrected chi connectivity index (χ0v) is 12.1. The monoisotopic (exact) mass is 285 g/mol. The Morgan fingerprint density at radius 3 is 2.59 bits per heavy atom. The van der Waals surface area contributed by atoms with E-state index in [0.29, 0.717) is 5.57 Å². The van der Waals surface area contributed by atoms with Gasteiger partial charge in [0, 0.05) is 18.0 Å². The van der Waals surface area contributed by atoms with Crippen LogP contribution in [-0.4, -0.2) is 9.97 Å². The summed E-state index contributed by atoms with van der Waals surface area (Å²) in [4.78, 5) is 8.73. The molecule has 0 N–H and O–H groups in total. The van der Waals surface area contributed by atoms with Crippen LogP contribution in [0.25, 0.3) is 17.0 Å². The Bertz CT molecular complexity index is 778. The minimum atomic E-state index is 0.513. The summed E-state index contributed by atoms with van der Waals surface area (Å²) in [6.45, 7) is 7.65. The molecule has 2 aromatic heterocycles. The van der Waals surface area contributed by atoms with Crippen LogP contribution in [0.15, 0.2) is 85.8 Å². The van der Waals surface area contributed by atoms with Gasteiger partial charge in [-0.3, -0.25) is 9.97 Å². The molecule has 0 aliphatic carbocycles. The van der Waals surface area contributed by atoms with Crippen LogP contribution in [0.3, 0.4) is 0 Å². The summed E-state index contributed by atoms with van der Waals surface area (Å²) in [5.41, 5.74) is 3.71. The molecule has 2 aromatic rings. The molecule has 0 fully saturated rings. The summed E-state index contributed by atoms with van der Waals surface area (Å²) in [6, 6.07) is 11.6. The molecule has 0 amide bonds. The van der Waals surface area contributed by atoms with E-state index < -0.39 is 0 Å². The maximum absolute atomic E-state index is 9.00. The lowest BCUT2D eigenvalue weighted by Gasteiger charge is -2.07. The van der Waals surface area contributed by atoms with Crippen LogP contribution in [0.1, 0.15) is 5.56 Å². The van der Waals surface area contributed by atoms with E-state index in [1.807, 2.05) is 30.3 Å². The van der Waals surface area contributed by atoms with Gasteiger partial charge in [0.2, 0.25) is 0 Å². The molecule has 0 unspecified atom stereocenters. The van der Waals surface area contributed by atoms with Crippen molar-refractivity contribution >= 4 is 5.57 Å². The maximum Gasteiger partial charge on any atom is 0.0991 e. The Balaban J connectivity index is 2.36. The van der Waals surface area contributed by atoms with Gasteiger partial charge in [-0.2, -0.15) is 5.26 Å². The van der Waals surface area contributed by atoms with Crippen molar-refractivity contribution in [2.75, 3.05) is 0 Å². The molecule has 0 saturated carbocycles. The van der Waals surface area contributed by atoms with Gasteiger partial charge in [0.05, 0.1) is 23.0 Å². The molecule has 0 aliphatic rings. The third-order valence-electron chi connectivity index (χ3n) is 2.95. The van der Waals surface area contributed by atoms with Crippen LogP contribution in [0.4, 0.5) is 0 Å². The third-order valence-corrected chi connectivity index (χ3v) is 2.95. The number of pyridine rings is 2. The van der Waals surface area contributed by atoms with Crippen LogP contribution in [-0.2, 0) is 0 Å². The molecular weight excluding hydrogens is 270 g/mol. The second-order valence-corrected chi connectivity index (χ2v) is 4.44. The molecule has 0 aliphatic heterocycles. The molecule has 22 heavy (non-hydrogen) atoms. The second-order valence-electron chi connectivity index (χ2n) is 4.44. The molecule has 3 nitrogen and oxygen atoms in total. The highest BCUT2D eigenvalue weighted by atomic mass is 14.8. The second kappa shape index (κ2) is 7.51. The van der Waals surface area contributed by atoms with Crippen molar-refractivity contribution < 1.29 is 0 Å². The Hall–Kier alpha value is -3.25. The fourth-order valence-corrected chi connectivity index (χ4v) is 1.91. The van der Waals surface area contributed by atoms with Crippen molar-refractivity contribution in [1.82, 2.24) is 9.97 Å². The van der Waals surface area contributed by atoms with Gasteiger partial charge < -0.3 is 0 Å². The molecule has 0 bridgehead atoms. The lowest BCUT2D eigenvalue weighted by molar-refractivity contribution is 1.24. The van der Waals surface area contributed by atoms with Gasteiger partial charge in [-0.1, -0.05) is 37.4 Å². The smallest absolute Gasteiger partial charge is 0.0991 e. The average molecular weight is 285 g/mol. The predicted octanol–water partition coefficient (Wildman–Crippen LogP) is 4.35. The van der Waals surface area contributed by atoms with Crippen molar-refractivity contribution in [2.45, 2.75) is 0 Å². The van der Waals surface area contributed by atoms with E-state index in [1.54, 1.807) is 36.7 Å². The van der Waals surface area contributed by atoms with Crippen molar-refractivity contribution in [1.29, 1.82) is 5.26 Å². The third kappa shape index (κ3) is 3.65. The van der Waals surface area contributed by atoms with E-state index in [0.717, 1.165) is 22.5 Å². The zero-order valence-electron chi connectivity index (χ0n) is 12.1. The quantitative estimate of drug-likeness (QED) is 0.606. The highest BCUT2D eigenvalue weighted by Gasteiger charge is 2.08. The molecule has 0 spiro atoms. The number of hydrogen-bond acceptors (Lipinski definition) is 3. The van der Waals surface area contributed by atoms with Crippen LogP contribution in [0.2, 0.25) is 0 Å². The van der Waals surface area contributed by atoms with Gasteiger partial charge in [-0.25, -0.2) is 0 Å². The predicted molar refractivity (Wildman–Crippen MR) is 89.5 cm³/mol. The molecule has 106 valence electrons. The Kier molecular flexibility index (Phi) is 5.17. The SMILES string of the molecule is C=C/C=C(C#N)\C=C/C(=C)c1cccnc1-c1ccccn1. The highest BCUT2D eigenvalue weighted by molar-refractivity contribution is 5.81. The van der Waals surface area contributed by atoms with E-state index in [9.17, 15) is 0 Å². The van der Waals surface area contributed by atoms with Crippen molar-refractivity contribution in [3.63, 3.8) is 0 Å². The van der Waals surface area contributed by atoms with Crippen molar-refractivity contribution in [3.8, 4) is 17.5 Å². The summed E-state index contributed by atoms with van der Waals surface area (Å²) in [7, 11) is 0. The zero-order chi connectivity index (χ0) is 15.8. The van der Waals surface area contributed by atoms with E-state index in [4.69, 9.17) is 5.26 Å². The molecule has 3 heteroatoms. The number of rotatable bonds is 5. The number of aromatic nitrogens is 2. The van der Waals surface area contributed by atoms with Gasteiger partial charge in [-0.15, -0.1) is 0 Å². The van der Waals surface area contributed by atoms with Gasteiger partial charge in [0.25, 0.3) is 0 Å². The van der Waals surface area contributed by atoms with E-state index in [2.05, 4.69) is 29.2 Å². The fraction of sp³-hybridized carbons (Fsp3) is 0. The minimum absolute atomic E-state index is 0.513.